The van der Waals surface area contributed by atoms with Gasteiger partial charge in [0.1, 0.15) is 0 Å². The van der Waals surface area contributed by atoms with Crippen LogP contribution in [0.15, 0.2) is 4.42 Å². The summed E-state index contributed by atoms with van der Waals surface area (Å²) in [6.45, 7) is 9.68. The van der Waals surface area contributed by atoms with Crippen LogP contribution >= 0.6 is 0 Å². The Labute approximate surface area is 134 Å². The van der Waals surface area contributed by atoms with Gasteiger partial charge >= 0.3 is 6.01 Å². The molecule has 0 bridgehead atoms. The van der Waals surface area contributed by atoms with E-state index in [0.717, 1.165) is 13.1 Å². The maximum Gasteiger partial charge on any atom is 0.318 e. The van der Waals surface area contributed by atoms with E-state index in [9.17, 15) is 0 Å². The Morgan fingerprint density at radius 2 is 1.73 bits per heavy atom. The minimum Gasteiger partial charge on any atom is -0.407 e. The second-order valence-electron chi connectivity index (χ2n) is 6.47. The molecule has 1 aliphatic rings. The minimum atomic E-state index is 0.688. The molecule has 0 saturated carbocycles. The molecule has 1 saturated heterocycles. The van der Waals surface area contributed by atoms with Gasteiger partial charge in [0.05, 0.1) is 6.54 Å². The van der Waals surface area contributed by atoms with Crippen molar-refractivity contribution in [1.82, 2.24) is 20.0 Å². The van der Waals surface area contributed by atoms with Crippen molar-refractivity contribution in [2.24, 2.45) is 0 Å². The molecule has 0 aromatic carbocycles. The average molecular weight is 309 g/mol. The van der Waals surface area contributed by atoms with Crippen molar-refractivity contribution in [3.63, 3.8) is 0 Å². The number of anilines is 1. The van der Waals surface area contributed by atoms with Crippen LogP contribution in [0, 0.1) is 0 Å². The minimum absolute atomic E-state index is 0.688. The second-order valence-corrected chi connectivity index (χ2v) is 6.47. The third-order valence-electron chi connectivity index (χ3n) is 4.18. The zero-order valence-electron chi connectivity index (χ0n) is 14.6. The van der Waals surface area contributed by atoms with Crippen molar-refractivity contribution < 1.29 is 4.42 Å². The molecule has 0 amide bonds. The lowest BCUT2D eigenvalue weighted by Gasteiger charge is -2.37. The molecule has 0 atom stereocenters. The van der Waals surface area contributed by atoms with E-state index in [-0.39, 0.29) is 0 Å². The van der Waals surface area contributed by atoms with Crippen LogP contribution in [-0.2, 0) is 6.54 Å². The van der Waals surface area contributed by atoms with E-state index in [4.69, 9.17) is 4.42 Å². The molecule has 0 unspecified atom stereocenters. The molecule has 126 valence electrons. The molecule has 6 heteroatoms. The highest BCUT2D eigenvalue weighted by Gasteiger charge is 2.26. The highest BCUT2D eigenvalue weighted by Crippen LogP contribution is 2.22. The molecule has 1 aromatic heterocycles. The zero-order chi connectivity index (χ0) is 15.9. The lowest BCUT2D eigenvalue weighted by Crippen LogP contribution is -2.45. The predicted molar refractivity (Wildman–Crippen MR) is 89.1 cm³/mol. The van der Waals surface area contributed by atoms with Crippen molar-refractivity contribution in [3.05, 3.63) is 5.89 Å². The molecule has 22 heavy (non-hydrogen) atoms. The van der Waals surface area contributed by atoms with Gasteiger partial charge in [-0.1, -0.05) is 18.9 Å². The lowest BCUT2D eigenvalue weighted by molar-refractivity contribution is 0.167. The topological polar surface area (TPSA) is 48.6 Å². The number of piperidine rings is 1. The van der Waals surface area contributed by atoms with E-state index in [0.29, 0.717) is 24.5 Å². The number of hydrogen-bond acceptors (Lipinski definition) is 6. The lowest BCUT2D eigenvalue weighted by atomic mass is 10.0. The van der Waals surface area contributed by atoms with Crippen LogP contribution in [0.5, 0.6) is 0 Å². The molecule has 2 rings (SSSR count). The fourth-order valence-corrected chi connectivity index (χ4v) is 3.18. The molecule has 1 aromatic rings. The normalized spacial score (nSPS) is 16.9. The summed E-state index contributed by atoms with van der Waals surface area (Å²) in [5, 5.41) is 8.34. The van der Waals surface area contributed by atoms with E-state index in [1.165, 1.54) is 38.8 Å². The van der Waals surface area contributed by atoms with Gasteiger partial charge in [-0.05, 0) is 52.9 Å². The fraction of sp³-hybridized carbons (Fsp3) is 0.875. The van der Waals surface area contributed by atoms with E-state index < -0.39 is 0 Å². The molecule has 1 fully saturated rings. The van der Waals surface area contributed by atoms with Gasteiger partial charge < -0.3 is 19.1 Å². The first-order chi connectivity index (χ1) is 10.6. The molecule has 0 radical (unpaired) electrons. The molecular formula is C16H31N5O. The van der Waals surface area contributed by atoms with Gasteiger partial charge in [0.15, 0.2) is 0 Å². The maximum absolute atomic E-state index is 5.77. The number of aromatic nitrogens is 2. The Morgan fingerprint density at radius 3 is 2.27 bits per heavy atom. The first-order valence-corrected chi connectivity index (χ1v) is 8.60. The van der Waals surface area contributed by atoms with Crippen LogP contribution in [-0.4, -0.2) is 66.3 Å². The summed E-state index contributed by atoms with van der Waals surface area (Å²) in [7, 11) is 4.01. The number of hydrogen-bond donors (Lipinski definition) is 0. The van der Waals surface area contributed by atoms with Crippen molar-refractivity contribution in [2.45, 2.75) is 52.1 Å². The van der Waals surface area contributed by atoms with Crippen LogP contribution in [0.2, 0.25) is 0 Å². The van der Waals surface area contributed by atoms with Crippen molar-refractivity contribution >= 4 is 6.01 Å². The summed E-state index contributed by atoms with van der Waals surface area (Å²) in [5.74, 6) is 0.695. The quantitative estimate of drug-likeness (QED) is 0.734. The molecule has 0 N–H and O–H groups in total. The van der Waals surface area contributed by atoms with Gasteiger partial charge in [-0.25, -0.2) is 0 Å². The number of nitrogens with zero attached hydrogens (tertiary/aromatic N) is 5. The molecule has 1 aliphatic heterocycles. The molecule has 6 nitrogen and oxygen atoms in total. The summed E-state index contributed by atoms with van der Waals surface area (Å²) >= 11 is 0. The van der Waals surface area contributed by atoms with Crippen LogP contribution in [0.4, 0.5) is 6.01 Å². The molecular weight excluding hydrogens is 278 g/mol. The van der Waals surface area contributed by atoms with E-state index in [2.05, 4.69) is 33.8 Å². The SMILES string of the molecule is CCCN(CCC)C1CCN(c2nnc(CN(C)C)o2)CC1. The highest BCUT2D eigenvalue weighted by molar-refractivity contribution is 5.25. The van der Waals surface area contributed by atoms with Gasteiger partial charge in [-0.3, -0.25) is 0 Å². The first kappa shape index (κ1) is 17.2. The number of rotatable bonds is 8. The standard InChI is InChI=1S/C16H31N5O/c1-5-9-20(10-6-2)14-7-11-21(12-8-14)16-18-17-15(22-16)13-19(3)4/h14H,5-13H2,1-4H3. The average Bonchev–Trinajstić information content (AvgIpc) is 2.95. The van der Waals surface area contributed by atoms with E-state index >= 15 is 0 Å². The Bertz CT molecular complexity index is 420. The van der Waals surface area contributed by atoms with E-state index in [1.54, 1.807) is 0 Å². The first-order valence-electron chi connectivity index (χ1n) is 8.60. The second kappa shape index (κ2) is 8.48. The summed E-state index contributed by atoms with van der Waals surface area (Å²) < 4.78 is 5.77. The van der Waals surface area contributed by atoms with Gasteiger partial charge in [-0.2, -0.15) is 0 Å². The smallest absolute Gasteiger partial charge is 0.318 e. The Balaban J connectivity index is 1.87. The van der Waals surface area contributed by atoms with Crippen molar-refractivity contribution in [2.75, 3.05) is 45.2 Å². The van der Waals surface area contributed by atoms with E-state index in [1.807, 2.05) is 19.0 Å². The van der Waals surface area contributed by atoms with Gasteiger partial charge in [-0.15, -0.1) is 5.10 Å². The summed E-state index contributed by atoms with van der Waals surface area (Å²) in [6, 6.07) is 1.40. The Kier molecular flexibility index (Phi) is 6.64. The van der Waals surface area contributed by atoms with Crippen molar-refractivity contribution in [1.29, 1.82) is 0 Å². The summed E-state index contributed by atoms with van der Waals surface area (Å²) in [5.41, 5.74) is 0. The molecule has 0 spiro atoms. The maximum atomic E-state index is 5.77. The fourth-order valence-electron chi connectivity index (χ4n) is 3.18. The Morgan fingerprint density at radius 1 is 1.09 bits per heavy atom. The molecule has 2 heterocycles. The largest absolute Gasteiger partial charge is 0.407 e. The summed E-state index contributed by atoms with van der Waals surface area (Å²) in [4.78, 5) is 6.93. The van der Waals surface area contributed by atoms with Crippen LogP contribution < -0.4 is 4.90 Å². The van der Waals surface area contributed by atoms with Gasteiger partial charge in [0, 0.05) is 19.1 Å². The monoisotopic (exact) mass is 309 g/mol. The summed E-state index contributed by atoms with van der Waals surface area (Å²) in [6.07, 6.45) is 4.84. The van der Waals surface area contributed by atoms with Gasteiger partial charge in [0.25, 0.3) is 0 Å². The van der Waals surface area contributed by atoms with Crippen LogP contribution in [0.25, 0.3) is 0 Å². The molecule has 0 aliphatic carbocycles. The zero-order valence-corrected chi connectivity index (χ0v) is 14.6. The van der Waals surface area contributed by atoms with Crippen molar-refractivity contribution in [3.8, 4) is 0 Å². The third kappa shape index (κ3) is 4.68. The highest BCUT2D eigenvalue weighted by atomic mass is 16.4. The van der Waals surface area contributed by atoms with Crippen LogP contribution in [0.3, 0.4) is 0 Å². The van der Waals surface area contributed by atoms with Crippen LogP contribution in [0.1, 0.15) is 45.4 Å². The third-order valence-corrected chi connectivity index (χ3v) is 4.18. The Hall–Kier alpha value is -1.14. The van der Waals surface area contributed by atoms with Gasteiger partial charge in [0.2, 0.25) is 5.89 Å². The predicted octanol–water partition coefficient (Wildman–Crippen LogP) is 2.22.